The largest absolute Gasteiger partial charge is 0.310 e. The summed E-state index contributed by atoms with van der Waals surface area (Å²) in [6, 6.07) is 83.7. The Kier molecular flexibility index (Phi) is 8.02. The molecule has 12 aromatic rings. The van der Waals surface area contributed by atoms with E-state index in [2.05, 4.69) is 243 Å². The summed E-state index contributed by atoms with van der Waals surface area (Å²) in [4.78, 5) is 2.52. The summed E-state index contributed by atoms with van der Waals surface area (Å²) < 4.78 is 0. The van der Waals surface area contributed by atoms with Crippen molar-refractivity contribution in [3.8, 4) is 33.4 Å². The average molecular weight is 814 g/mol. The molecule has 0 aromatic heterocycles. The number of fused-ring (bicyclic) bond motifs is 12. The van der Waals surface area contributed by atoms with E-state index in [-0.39, 0.29) is 5.41 Å². The first kappa shape index (κ1) is 36.6. The molecule has 12 aromatic carbocycles. The third kappa shape index (κ3) is 5.50. The molecule has 0 saturated heterocycles. The van der Waals surface area contributed by atoms with Gasteiger partial charge in [0.2, 0.25) is 0 Å². The first-order chi connectivity index (χ1) is 31.5. The van der Waals surface area contributed by atoms with Crippen molar-refractivity contribution in [2.45, 2.75) is 19.3 Å². The van der Waals surface area contributed by atoms with E-state index in [1.807, 2.05) is 0 Å². The molecular formula is C63H43N. The van der Waals surface area contributed by atoms with Crippen LogP contribution in [-0.4, -0.2) is 0 Å². The lowest BCUT2D eigenvalue weighted by Gasteiger charge is -2.30. The molecule has 0 amide bonds. The van der Waals surface area contributed by atoms with Crippen LogP contribution in [0, 0.1) is 0 Å². The fourth-order valence-electron chi connectivity index (χ4n) is 11.1. The van der Waals surface area contributed by atoms with Crippen molar-refractivity contribution >= 4 is 81.7 Å². The van der Waals surface area contributed by atoms with Crippen LogP contribution < -0.4 is 4.90 Å². The van der Waals surface area contributed by atoms with Gasteiger partial charge in [0, 0.05) is 22.4 Å². The second kappa shape index (κ2) is 14.0. The van der Waals surface area contributed by atoms with Crippen molar-refractivity contribution in [2.75, 3.05) is 4.90 Å². The molecule has 0 unspecified atom stereocenters. The Hall–Kier alpha value is -8.00. The first-order valence-electron chi connectivity index (χ1n) is 22.4. The summed E-state index contributed by atoms with van der Waals surface area (Å²) in [5.74, 6) is 0. The van der Waals surface area contributed by atoms with E-state index in [0.717, 1.165) is 11.4 Å². The van der Waals surface area contributed by atoms with Crippen LogP contribution in [0.25, 0.3) is 98.0 Å². The fraction of sp³-hybridized carbons (Fsp3) is 0.0476. The van der Waals surface area contributed by atoms with E-state index in [9.17, 15) is 0 Å². The summed E-state index contributed by atoms with van der Waals surface area (Å²) in [6.45, 7) is 4.80. The van der Waals surface area contributed by atoms with Crippen LogP contribution in [0.1, 0.15) is 25.0 Å². The molecule has 0 radical (unpaired) electrons. The summed E-state index contributed by atoms with van der Waals surface area (Å²) in [6.07, 6.45) is 0. The third-order valence-electron chi connectivity index (χ3n) is 14.2. The third-order valence-corrected chi connectivity index (χ3v) is 14.2. The van der Waals surface area contributed by atoms with E-state index < -0.39 is 0 Å². The molecule has 0 N–H and O–H groups in total. The smallest absolute Gasteiger partial charge is 0.0549 e. The van der Waals surface area contributed by atoms with Gasteiger partial charge in [0.25, 0.3) is 0 Å². The van der Waals surface area contributed by atoms with Gasteiger partial charge in [-0.25, -0.2) is 0 Å². The molecule has 0 saturated carbocycles. The first-order valence-corrected chi connectivity index (χ1v) is 22.4. The lowest BCUT2D eigenvalue weighted by Crippen LogP contribution is -2.16. The molecule has 0 bridgehead atoms. The van der Waals surface area contributed by atoms with Crippen LogP contribution in [0.15, 0.2) is 224 Å². The van der Waals surface area contributed by atoms with Gasteiger partial charge in [0.15, 0.2) is 0 Å². The molecule has 0 fully saturated rings. The van der Waals surface area contributed by atoms with Crippen molar-refractivity contribution < 1.29 is 0 Å². The number of benzene rings is 12. The lowest BCUT2D eigenvalue weighted by molar-refractivity contribution is 0.660. The zero-order valence-electron chi connectivity index (χ0n) is 35.8. The van der Waals surface area contributed by atoms with Gasteiger partial charge in [-0.3, -0.25) is 0 Å². The zero-order chi connectivity index (χ0) is 42.5. The van der Waals surface area contributed by atoms with Gasteiger partial charge in [-0.1, -0.05) is 202 Å². The van der Waals surface area contributed by atoms with Crippen LogP contribution >= 0.6 is 0 Å². The quantitative estimate of drug-likeness (QED) is 0.157. The second-order valence-electron chi connectivity index (χ2n) is 18.0. The van der Waals surface area contributed by atoms with Crippen molar-refractivity contribution in [2.24, 2.45) is 0 Å². The molecule has 300 valence electrons. The Labute approximate surface area is 373 Å². The van der Waals surface area contributed by atoms with E-state index >= 15 is 0 Å². The fourth-order valence-corrected chi connectivity index (χ4v) is 11.1. The van der Waals surface area contributed by atoms with Gasteiger partial charge in [0.1, 0.15) is 0 Å². The summed E-state index contributed by atoms with van der Waals surface area (Å²) in [5.41, 5.74) is 13.4. The van der Waals surface area contributed by atoms with Crippen LogP contribution in [0.4, 0.5) is 17.1 Å². The number of anilines is 3. The second-order valence-corrected chi connectivity index (χ2v) is 18.0. The Bertz CT molecular complexity index is 3870. The maximum absolute atomic E-state index is 2.52. The molecule has 1 nitrogen and oxygen atoms in total. The number of hydrogen-bond donors (Lipinski definition) is 0. The van der Waals surface area contributed by atoms with Gasteiger partial charge in [0.05, 0.1) is 5.69 Å². The summed E-state index contributed by atoms with van der Waals surface area (Å²) in [5, 5.41) is 15.2. The predicted molar refractivity (Wildman–Crippen MR) is 275 cm³/mol. The molecule has 0 atom stereocenters. The van der Waals surface area contributed by atoms with Crippen molar-refractivity contribution in [1.82, 2.24) is 0 Å². The Morgan fingerprint density at radius 1 is 0.312 bits per heavy atom. The summed E-state index contributed by atoms with van der Waals surface area (Å²) in [7, 11) is 0. The zero-order valence-corrected chi connectivity index (χ0v) is 35.8. The number of rotatable bonds is 5. The molecule has 0 spiro atoms. The molecule has 13 rings (SSSR count). The van der Waals surface area contributed by atoms with Crippen LogP contribution in [0.2, 0.25) is 0 Å². The van der Waals surface area contributed by atoms with Crippen LogP contribution in [0.5, 0.6) is 0 Å². The highest BCUT2D eigenvalue weighted by atomic mass is 15.1. The van der Waals surface area contributed by atoms with Gasteiger partial charge >= 0.3 is 0 Å². The molecule has 1 heteroatoms. The van der Waals surface area contributed by atoms with Gasteiger partial charge < -0.3 is 4.90 Å². The minimum Gasteiger partial charge on any atom is -0.310 e. The Morgan fingerprint density at radius 3 is 1.66 bits per heavy atom. The van der Waals surface area contributed by atoms with E-state index in [1.165, 1.54) is 115 Å². The highest BCUT2D eigenvalue weighted by molar-refractivity contribution is 6.22. The van der Waals surface area contributed by atoms with Gasteiger partial charge in [-0.2, -0.15) is 0 Å². The highest BCUT2D eigenvalue weighted by Gasteiger charge is 2.38. The minimum absolute atomic E-state index is 0.226. The van der Waals surface area contributed by atoms with Crippen molar-refractivity contribution in [3.63, 3.8) is 0 Å². The molecule has 0 aliphatic heterocycles. The van der Waals surface area contributed by atoms with Crippen LogP contribution in [0.3, 0.4) is 0 Å². The summed E-state index contributed by atoms with van der Waals surface area (Å²) >= 11 is 0. The maximum atomic E-state index is 2.52. The molecule has 0 heterocycles. The van der Waals surface area contributed by atoms with E-state index in [1.54, 1.807) is 0 Å². The van der Waals surface area contributed by atoms with Gasteiger partial charge in [-0.05, 0) is 140 Å². The normalized spacial score (nSPS) is 13.0. The van der Waals surface area contributed by atoms with E-state index in [0.29, 0.717) is 0 Å². The molecule has 64 heavy (non-hydrogen) atoms. The number of hydrogen-bond acceptors (Lipinski definition) is 1. The monoisotopic (exact) mass is 813 g/mol. The average Bonchev–Trinajstić information content (AvgIpc) is 3.59. The van der Waals surface area contributed by atoms with E-state index in [4.69, 9.17) is 0 Å². The molecule has 1 aliphatic rings. The van der Waals surface area contributed by atoms with Gasteiger partial charge in [-0.15, -0.1) is 0 Å². The maximum Gasteiger partial charge on any atom is 0.0549 e. The Morgan fingerprint density at radius 2 is 0.844 bits per heavy atom. The predicted octanol–water partition coefficient (Wildman–Crippen LogP) is 17.7. The van der Waals surface area contributed by atoms with Crippen molar-refractivity contribution in [1.29, 1.82) is 0 Å². The standard InChI is InChI=1S/C63H43N/c1-63(2)58-24-10-9-20-57(58)62-59(63)38-46(52-22-12-23-56-55(52)35-31-44-27-25-42-15-5-8-19-54(42)61(44)56)39-60(62)64(48-34-36-53-45(37-48)28-26-41-14-4-7-18-50(41)53)47-32-29-43(30-33-47)51-21-11-16-40-13-3-6-17-49(40)51/h3-39H,1-2H3. The minimum atomic E-state index is -0.226. The van der Waals surface area contributed by atoms with Crippen LogP contribution in [-0.2, 0) is 5.41 Å². The molecular weight excluding hydrogens is 771 g/mol. The molecule has 1 aliphatic carbocycles. The number of nitrogens with zero attached hydrogens (tertiary/aromatic N) is 1. The Balaban J connectivity index is 1.09. The lowest BCUT2D eigenvalue weighted by atomic mass is 9.81. The highest BCUT2D eigenvalue weighted by Crippen LogP contribution is 2.56. The van der Waals surface area contributed by atoms with Crippen molar-refractivity contribution in [3.05, 3.63) is 236 Å². The SMILES string of the molecule is CC1(C)c2ccccc2-c2c(N(c3ccc(-c4cccc5ccccc45)cc3)c3ccc4c(ccc5ccccc54)c3)cc(-c3cccc4c3ccc3ccc5ccccc5c34)cc21. The topological polar surface area (TPSA) is 3.24 Å².